The Bertz CT molecular complexity index is 619. The van der Waals surface area contributed by atoms with E-state index in [0.717, 1.165) is 5.57 Å². The predicted octanol–water partition coefficient (Wildman–Crippen LogP) is 1.25. The van der Waals surface area contributed by atoms with E-state index in [0.29, 0.717) is 0 Å². The molecule has 2 aliphatic rings. The molecule has 3 atom stereocenters. The summed E-state index contributed by atoms with van der Waals surface area (Å²) in [5.41, 5.74) is 0.932. The van der Waals surface area contributed by atoms with E-state index in [1.54, 1.807) is 10.8 Å². The topological polar surface area (TPSA) is 75.5 Å². The van der Waals surface area contributed by atoms with E-state index < -0.39 is 11.8 Å². The van der Waals surface area contributed by atoms with Crippen LogP contribution in [0.4, 0.5) is 0 Å². The van der Waals surface area contributed by atoms with Gasteiger partial charge >= 0.3 is 5.97 Å². The number of fused-ring (bicyclic) bond motifs is 1. The second kappa shape index (κ2) is 4.78. The Morgan fingerprint density at radius 2 is 2.29 bits per heavy atom. The molecular formula is C14H17N3O4. The van der Waals surface area contributed by atoms with Gasteiger partial charge in [0.1, 0.15) is 24.6 Å². The number of ether oxygens (including phenoxy) is 3. The first-order valence-corrected chi connectivity index (χ1v) is 6.64. The first kappa shape index (κ1) is 14.0. The third-order valence-electron chi connectivity index (χ3n) is 3.57. The molecule has 0 bridgehead atoms. The molecule has 1 aromatic heterocycles. The van der Waals surface area contributed by atoms with Crippen molar-refractivity contribution in [1.29, 1.82) is 0 Å². The number of methoxy groups -OCH3 is 1. The van der Waals surface area contributed by atoms with Gasteiger partial charge in [0, 0.05) is 0 Å². The zero-order valence-corrected chi connectivity index (χ0v) is 12.1. The first-order chi connectivity index (χ1) is 9.95. The second-order valence-corrected chi connectivity index (χ2v) is 5.42. The van der Waals surface area contributed by atoms with E-state index in [9.17, 15) is 4.79 Å². The van der Waals surface area contributed by atoms with Gasteiger partial charge in [-0.15, -0.1) is 5.10 Å². The lowest BCUT2D eigenvalue weighted by molar-refractivity contribution is -0.147. The third-order valence-corrected chi connectivity index (χ3v) is 3.57. The first-order valence-electron chi connectivity index (χ1n) is 6.64. The quantitative estimate of drug-likeness (QED) is 0.780. The van der Waals surface area contributed by atoms with Gasteiger partial charge in [0.2, 0.25) is 0 Å². The molecule has 0 radical (unpaired) electrons. The van der Waals surface area contributed by atoms with Crippen LogP contribution in [0.1, 0.15) is 30.5 Å². The lowest BCUT2D eigenvalue weighted by Gasteiger charge is -2.22. The van der Waals surface area contributed by atoms with Gasteiger partial charge in [0.05, 0.1) is 7.11 Å². The van der Waals surface area contributed by atoms with Crippen molar-refractivity contribution < 1.29 is 19.0 Å². The molecule has 0 saturated carbocycles. The van der Waals surface area contributed by atoms with Crippen LogP contribution in [0.2, 0.25) is 0 Å². The molecule has 7 heteroatoms. The molecule has 21 heavy (non-hydrogen) atoms. The molecule has 0 spiro atoms. The fourth-order valence-corrected chi connectivity index (χ4v) is 2.75. The van der Waals surface area contributed by atoms with Gasteiger partial charge in [-0.1, -0.05) is 12.7 Å². The predicted molar refractivity (Wildman–Crippen MR) is 72.5 cm³/mol. The maximum absolute atomic E-state index is 11.5. The molecule has 112 valence electrons. The van der Waals surface area contributed by atoms with Crippen LogP contribution in [-0.4, -0.2) is 45.8 Å². The molecule has 1 aliphatic heterocycles. The van der Waals surface area contributed by atoms with Crippen molar-refractivity contribution in [2.24, 2.45) is 0 Å². The number of rotatable bonds is 3. The van der Waals surface area contributed by atoms with E-state index in [4.69, 9.17) is 9.47 Å². The molecule has 0 amide bonds. The van der Waals surface area contributed by atoms with Gasteiger partial charge in [-0.25, -0.2) is 14.5 Å². The van der Waals surface area contributed by atoms with Crippen LogP contribution in [-0.2, 0) is 14.2 Å². The highest BCUT2D eigenvalue weighted by Crippen LogP contribution is 2.43. The fourth-order valence-electron chi connectivity index (χ4n) is 2.75. The largest absolute Gasteiger partial charge is 0.463 e. The van der Waals surface area contributed by atoms with Crippen LogP contribution in [0.3, 0.4) is 0 Å². The Labute approximate surface area is 122 Å². The number of nitrogens with zero attached hydrogens (tertiary/aromatic N) is 3. The Morgan fingerprint density at radius 3 is 2.95 bits per heavy atom. The highest BCUT2D eigenvalue weighted by molar-refractivity contribution is 5.84. The lowest BCUT2D eigenvalue weighted by atomic mass is 10.1. The normalized spacial score (nSPS) is 29.9. The highest BCUT2D eigenvalue weighted by Gasteiger charge is 2.49. The number of aromatic nitrogens is 3. The van der Waals surface area contributed by atoms with Gasteiger partial charge in [-0.05, 0) is 25.5 Å². The van der Waals surface area contributed by atoms with Crippen molar-refractivity contribution in [2.45, 2.75) is 37.9 Å². The third kappa shape index (κ3) is 2.28. The van der Waals surface area contributed by atoms with Crippen molar-refractivity contribution >= 4 is 5.97 Å². The SMILES string of the molecule is C=CC1=C[C@H]2OC(C)(C)O[C@H]2[C@@H]1n1cnc(C(=O)OC)n1. The summed E-state index contributed by atoms with van der Waals surface area (Å²) in [6.07, 6.45) is 4.81. The molecule has 2 heterocycles. The minimum Gasteiger partial charge on any atom is -0.463 e. The lowest BCUT2D eigenvalue weighted by Crippen LogP contribution is -2.29. The minimum atomic E-state index is -0.650. The zero-order chi connectivity index (χ0) is 15.2. The standard InChI is InChI=1S/C14H17N3O4/c1-5-8-6-9-11(21-14(2,3)20-9)10(8)17-7-15-12(16-17)13(18)19-4/h5-7,9-11H,1H2,2-4H3/t9-,10-,11-/m1/s1. The van der Waals surface area contributed by atoms with E-state index in [1.165, 1.54) is 13.4 Å². The number of esters is 1. The highest BCUT2D eigenvalue weighted by atomic mass is 16.8. The molecule has 1 fully saturated rings. The van der Waals surface area contributed by atoms with E-state index in [-0.39, 0.29) is 24.1 Å². The number of carbonyl (C=O) groups is 1. The van der Waals surface area contributed by atoms with Gasteiger partial charge in [0.15, 0.2) is 5.79 Å². The summed E-state index contributed by atoms with van der Waals surface area (Å²) in [6.45, 7) is 7.54. The molecule has 1 aliphatic carbocycles. The molecule has 1 aromatic rings. The smallest absolute Gasteiger partial charge is 0.377 e. The minimum absolute atomic E-state index is 0.0162. The van der Waals surface area contributed by atoms with Crippen molar-refractivity contribution in [2.75, 3.05) is 7.11 Å². The number of allylic oxidation sites excluding steroid dienone is 1. The van der Waals surface area contributed by atoms with Gasteiger partial charge in [0.25, 0.3) is 5.82 Å². The van der Waals surface area contributed by atoms with E-state index in [1.807, 2.05) is 19.9 Å². The van der Waals surface area contributed by atoms with Crippen molar-refractivity contribution in [3.63, 3.8) is 0 Å². The van der Waals surface area contributed by atoms with Crippen LogP contribution in [0.5, 0.6) is 0 Å². The Balaban J connectivity index is 1.93. The van der Waals surface area contributed by atoms with Crippen LogP contribution >= 0.6 is 0 Å². The summed E-state index contributed by atoms with van der Waals surface area (Å²) >= 11 is 0. The summed E-state index contributed by atoms with van der Waals surface area (Å²) in [4.78, 5) is 15.4. The molecule has 0 aromatic carbocycles. The zero-order valence-electron chi connectivity index (χ0n) is 12.1. The fraction of sp³-hybridized carbons (Fsp3) is 0.500. The number of carbonyl (C=O) groups excluding carboxylic acids is 1. The number of hydrogen-bond acceptors (Lipinski definition) is 6. The Morgan fingerprint density at radius 1 is 1.52 bits per heavy atom. The maximum Gasteiger partial charge on any atom is 0.377 e. The molecule has 0 unspecified atom stereocenters. The van der Waals surface area contributed by atoms with Gasteiger partial charge < -0.3 is 14.2 Å². The second-order valence-electron chi connectivity index (χ2n) is 5.42. The average Bonchev–Trinajstić information content (AvgIpc) is 3.08. The summed E-state index contributed by atoms with van der Waals surface area (Å²) in [5, 5.41) is 4.18. The molecule has 1 saturated heterocycles. The molecular weight excluding hydrogens is 274 g/mol. The van der Waals surface area contributed by atoms with Crippen LogP contribution in [0.15, 0.2) is 30.6 Å². The van der Waals surface area contributed by atoms with Gasteiger partial charge in [-0.3, -0.25) is 0 Å². The average molecular weight is 291 g/mol. The summed E-state index contributed by atoms with van der Waals surface area (Å²) in [5.74, 6) is -1.21. The monoisotopic (exact) mass is 291 g/mol. The van der Waals surface area contributed by atoms with Crippen LogP contribution in [0, 0.1) is 0 Å². The Kier molecular flexibility index (Phi) is 3.18. The summed E-state index contributed by atoms with van der Waals surface area (Å²) < 4.78 is 18.0. The van der Waals surface area contributed by atoms with Crippen molar-refractivity contribution in [1.82, 2.24) is 14.8 Å². The summed E-state index contributed by atoms with van der Waals surface area (Å²) in [6, 6.07) is -0.222. The van der Waals surface area contributed by atoms with Crippen molar-refractivity contribution in [3.05, 3.63) is 36.5 Å². The van der Waals surface area contributed by atoms with Crippen molar-refractivity contribution in [3.8, 4) is 0 Å². The Hall–Kier alpha value is -1.99. The number of hydrogen-bond donors (Lipinski definition) is 0. The van der Waals surface area contributed by atoms with Crippen LogP contribution in [0.25, 0.3) is 0 Å². The maximum atomic E-state index is 11.5. The van der Waals surface area contributed by atoms with E-state index in [2.05, 4.69) is 21.4 Å². The summed E-state index contributed by atoms with van der Waals surface area (Å²) in [7, 11) is 1.29. The molecule has 7 nitrogen and oxygen atoms in total. The van der Waals surface area contributed by atoms with E-state index >= 15 is 0 Å². The molecule has 0 N–H and O–H groups in total. The van der Waals surface area contributed by atoms with Gasteiger partial charge in [-0.2, -0.15) is 0 Å². The molecule has 3 rings (SSSR count). The van der Waals surface area contributed by atoms with Crippen LogP contribution < -0.4 is 0 Å².